The summed E-state index contributed by atoms with van der Waals surface area (Å²) in [6.07, 6.45) is -0.213. The molecule has 0 bridgehead atoms. The third-order valence-electron chi connectivity index (χ3n) is 1.98. The third-order valence-corrected chi connectivity index (χ3v) is 2.74. The molecule has 1 fully saturated rings. The normalized spacial score (nSPS) is 25.6. The molecule has 82 valence electrons. The fourth-order valence-electron chi connectivity index (χ4n) is 1.26. The minimum Gasteiger partial charge on any atom is -0.374 e. The molecule has 2 atom stereocenters. The molecular formula is C10H12O4S. The summed E-state index contributed by atoms with van der Waals surface area (Å²) in [5.74, 6) is 0. The second-order valence-corrected chi connectivity index (χ2v) is 4.04. The van der Waals surface area contributed by atoms with Crippen LogP contribution in [-0.2, 0) is 31.1 Å². The minimum atomic E-state index is -1.58. The highest BCUT2D eigenvalue weighted by Crippen LogP contribution is 2.10. The molecule has 1 heterocycles. The molecule has 1 aliphatic rings. The number of ether oxygens (including phenoxy) is 1. The Morgan fingerprint density at radius 2 is 2.20 bits per heavy atom. The Bertz CT molecular complexity index is 327. The van der Waals surface area contributed by atoms with Gasteiger partial charge in [0.1, 0.15) is 6.10 Å². The Balaban J connectivity index is 1.69. The van der Waals surface area contributed by atoms with Gasteiger partial charge in [0.15, 0.2) is 0 Å². The summed E-state index contributed by atoms with van der Waals surface area (Å²) >= 11 is -1.58. The summed E-state index contributed by atoms with van der Waals surface area (Å²) < 4.78 is 25.8. The molecule has 1 aromatic carbocycles. The van der Waals surface area contributed by atoms with E-state index in [-0.39, 0.29) is 6.10 Å². The van der Waals surface area contributed by atoms with Crippen molar-refractivity contribution in [3.63, 3.8) is 0 Å². The lowest BCUT2D eigenvalue weighted by Gasteiger charge is -2.06. The van der Waals surface area contributed by atoms with Crippen LogP contribution in [0.25, 0.3) is 0 Å². The van der Waals surface area contributed by atoms with Crippen molar-refractivity contribution in [2.75, 3.05) is 13.2 Å². The van der Waals surface area contributed by atoms with Gasteiger partial charge in [0.2, 0.25) is 0 Å². The molecule has 1 aliphatic heterocycles. The predicted octanol–water partition coefficient (Wildman–Crippen LogP) is 1.20. The van der Waals surface area contributed by atoms with E-state index in [0.717, 1.165) is 5.56 Å². The van der Waals surface area contributed by atoms with Gasteiger partial charge in [-0.1, -0.05) is 30.3 Å². The predicted molar refractivity (Wildman–Crippen MR) is 55.1 cm³/mol. The van der Waals surface area contributed by atoms with Gasteiger partial charge in [-0.05, 0) is 5.56 Å². The van der Waals surface area contributed by atoms with Crippen molar-refractivity contribution < 1.29 is 17.3 Å². The number of hydrogen-bond donors (Lipinski definition) is 0. The van der Waals surface area contributed by atoms with Crippen molar-refractivity contribution in [3.05, 3.63) is 35.9 Å². The van der Waals surface area contributed by atoms with Gasteiger partial charge in [-0.15, -0.1) is 0 Å². The Morgan fingerprint density at radius 3 is 2.87 bits per heavy atom. The molecule has 0 spiro atoms. The molecule has 2 rings (SSSR count). The van der Waals surface area contributed by atoms with Crippen molar-refractivity contribution in [2.45, 2.75) is 12.7 Å². The van der Waals surface area contributed by atoms with Gasteiger partial charge in [-0.2, -0.15) is 4.21 Å². The van der Waals surface area contributed by atoms with E-state index in [1.165, 1.54) is 0 Å². The average molecular weight is 228 g/mol. The van der Waals surface area contributed by atoms with Gasteiger partial charge in [-0.3, -0.25) is 8.37 Å². The first-order valence-corrected chi connectivity index (χ1v) is 5.68. The zero-order valence-corrected chi connectivity index (χ0v) is 8.94. The van der Waals surface area contributed by atoms with E-state index in [1.54, 1.807) is 0 Å². The second kappa shape index (κ2) is 5.37. The lowest BCUT2D eigenvalue weighted by atomic mass is 10.2. The fourth-order valence-corrected chi connectivity index (χ4v) is 1.91. The SMILES string of the molecule is O=[S@@]1OC[C@H](COCc2ccccc2)O1. The molecule has 0 amide bonds. The Kier molecular flexibility index (Phi) is 3.85. The first-order chi connectivity index (χ1) is 7.34. The summed E-state index contributed by atoms with van der Waals surface area (Å²) in [4.78, 5) is 0. The van der Waals surface area contributed by atoms with Crippen LogP contribution in [-0.4, -0.2) is 23.5 Å². The highest BCUT2D eigenvalue weighted by molar-refractivity contribution is 7.75. The molecule has 15 heavy (non-hydrogen) atoms. The molecule has 0 N–H and O–H groups in total. The molecular weight excluding hydrogens is 216 g/mol. The first-order valence-electron chi connectivity index (χ1n) is 4.68. The maximum Gasteiger partial charge on any atom is 0.305 e. The van der Waals surface area contributed by atoms with Crippen molar-refractivity contribution in [2.24, 2.45) is 0 Å². The molecule has 5 heteroatoms. The molecule has 0 aliphatic carbocycles. The van der Waals surface area contributed by atoms with E-state index < -0.39 is 11.4 Å². The zero-order valence-electron chi connectivity index (χ0n) is 8.13. The maximum atomic E-state index is 10.7. The highest BCUT2D eigenvalue weighted by atomic mass is 32.2. The van der Waals surface area contributed by atoms with Gasteiger partial charge in [0, 0.05) is 0 Å². The molecule has 0 aromatic heterocycles. The molecule has 1 aromatic rings. The smallest absolute Gasteiger partial charge is 0.305 e. The van der Waals surface area contributed by atoms with Crippen LogP contribution in [0.3, 0.4) is 0 Å². The van der Waals surface area contributed by atoms with Crippen molar-refractivity contribution in [1.82, 2.24) is 0 Å². The Hall–Kier alpha value is -0.750. The Morgan fingerprint density at radius 1 is 1.40 bits per heavy atom. The van der Waals surface area contributed by atoms with Crippen LogP contribution in [0.5, 0.6) is 0 Å². The van der Waals surface area contributed by atoms with E-state index in [1.807, 2.05) is 30.3 Å². The van der Waals surface area contributed by atoms with Gasteiger partial charge >= 0.3 is 11.4 Å². The van der Waals surface area contributed by atoms with E-state index >= 15 is 0 Å². The Labute approximate surface area is 91.0 Å². The van der Waals surface area contributed by atoms with E-state index in [9.17, 15) is 4.21 Å². The quantitative estimate of drug-likeness (QED) is 0.776. The van der Waals surface area contributed by atoms with Crippen LogP contribution < -0.4 is 0 Å². The van der Waals surface area contributed by atoms with Crippen LogP contribution in [0.2, 0.25) is 0 Å². The van der Waals surface area contributed by atoms with Crippen molar-refractivity contribution in [3.8, 4) is 0 Å². The number of rotatable bonds is 4. The zero-order chi connectivity index (χ0) is 10.5. The van der Waals surface area contributed by atoms with Crippen LogP contribution in [0.4, 0.5) is 0 Å². The largest absolute Gasteiger partial charge is 0.374 e. The van der Waals surface area contributed by atoms with Gasteiger partial charge in [0.05, 0.1) is 19.8 Å². The van der Waals surface area contributed by atoms with Crippen LogP contribution in [0.1, 0.15) is 5.56 Å². The third kappa shape index (κ3) is 3.39. The molecule has 0 radical (unpaired) electrons. The van der Waals surface area contributed by atoms with Crippen molar-refractivity contribution >= 4 is 11.4 Å². The summed E-state index contributed by atoms with van der Waals surface area (Å²) in [5, 5.41) is 0. The molecule has 1 saturated heterocycles. The standard InChI is InChI=1S/C10H12O4S/c11-15-13-8-10(14-15)7-12-6-9-4-2-1-3-5-9/h1-5,10H,6-8H2/t10-,15+/m0/s1. The van der Waals surface area contributed by atoms with Crippen LogP contribution >= 0.6 is 0 Å². The lowest BCUT2D eigenvalue weighted by Crippen LogP contribution is -2.17. The van der Waals surface area contributed by atoms with Crippen LogP contribution in [0.15, 0.2) is 30.3 Å². The lowest BCUT2D eigenvalue weighted by molar-refractivity contribution is 0.0519. The topological polar surface area (TPSA) is 44.8 Å². The highest BCUT2D eigenvalue weighted by Gasteiger charge is 2.23. The molecule has 0 unspecified atom stereocenters. The summed E-state index contributed by atoms with van der Waals surface area (Å²) in [6.45, 7) is 1.27. The summed E-state index contributed by atoms with van der Waals surface area (Å²) in [5.41, 5.74) is 1.11. The van der Waals surface area contributed by atoms with Gasteiger partial charge in [-0.25, -0.2) is 0 Å². The molecule has 4 nitrogen and oxygen atoms in total. The van der Waals surface area contributed by atoms with Gasteiger partial charge in [0.25, 0.3) is 0 Å². The fraction of sp³-hybridized carbons (Fsp3) is 0.400. The molecule has 0 saturated carbocycles. The number of hydrogen-bond acceptors (Lipinski definition) is 4. The van der Waals surface area contributed by atoms with Crippen molar-refractivity contribution in [1.29, 1.82) is 0 Å². The number of benzene rings is 1. The van der Waals surface area contributed by atoms with E-state index in [0.29, 0.717) is 19.8 Å². The summed E-state index contributed by atoms with van der Waals surface area (Å²) in [6, 6.07) is 9.86. The monoisotopic (exact) mass is 228 g/mol. The second-order valence-electron chi connectivity index (χ2n) is 3.21. The minimum absolute atomic E-state index is 0.213. The first kappa shape index (κ1) is 10.8. The van der Waals surface area contributed by atoms with Crippen LogP contribution in [0, 0.1) is 0 Å². The van der Waals surface area contributed by atoms with Gasteiger partial charge < -0.3 is 4.74 Å². The maximum absolute atomic E-state index is 10.7. The average Bonchev–Trinajstić information content (AvgIpc) is 2.66. The van der Waals surface area contributed by atoms with E-state index in [2.05, 4.69) is 0 Å². The van der Waals surface area contributed by atoms with E-state index in [4.69, 9.17) is 13.1 Å². The summed E-state index contributed by atoms with van der Waals surface area (Å²) in [7, 11) is 0.